The van der Waals surface area contributed by atoms with Gasteiger partial charge in [-0.25, -0.2) is 0 Å². The molecule has 0 radical (unpaired) electrons. The van der Waals surface area contributed by atoms with E-state index in [-0.39, 0.29) is 11.9 Å². The van der Waals surface area contributed by atoms with Gasteiger partial charge in [-0.05, 0) is 39.3 Å². The Morgan fingerprint density at radius 1 is 1.65 bits per heavy atom. The van der Waals surface area contributed by atoms with E-state index in [0.29, 0.717) is 11.7 Å². The lowest BCUT2D eigenvalue weighted by molar-refractivity contribution is 0.0914. The average Bonchev–Trinajstić information content (AvgIpc) is 2.63. The summed E-state index contributed by atoms with van der Waals surface area (Å²) in [6, 6.07) is 2.35. The van der Waals surface area contributed by atoms with Gasteiger partial charge in [-0.3, -0.25) is 9.48 Å². The van der Waals surface area contributed by atoms with E-state index in [1.54, 1.807) is 4.68 Å². The first-order valence-corrected chi connectivity index (χ1v) is 6.13. The van der Waals surface area contributed by atoms with Gasteiger partial charge >= 0.3 is 0 Å². The lowest BCUT2D eigenvalue weighted by atomic mass is 10.00. The van der Waals surface area contributed by atoms with Crippen LogP contribution in [0.2, 0.25) is 0 Å². The molecule has 1 aromatic heterocycles. The summed E-state index contributed by atoms with van der Waals surface area (Å²) in [6.45, 7) is 5.08. The smallest absolute Gasteiger partial charge is 0.272 e. The standard InChI is InChI=1S/C12H20N4O/c1-8-7-11(15-16(8)3)12(17)14-10-5-4-6-13-9(10)2/h7,9-10,13H,4-6H2,1-3H3,(H,14,17). The molecule has 1 saturated heterocycles. The predicted molar refractivity (Wildman–Crippen MR) is 65.9 cm³/mol. The van der Waals surface area contributed by atoms with Gasteiger partial charge < -0.3 is 10.6 Å². The second-order valence-corrected chi connectivity index (χ2v) is 4.76. The van der Waals surface area contributed by atoms with Crippen LogP contribution in [-0.2, 0) is 7.05 Å². The van der Waals surface area contributed by atoms with Crippen molar-refractivity contribution in [1.82, 2.24) is 20.4 Å². The molecule has 0 aromatic carbocycles. The van der Waals surface area contributed by atoms with Crippen LogP contribution in [-0.4, -0.2) is 34.3 Å². The number of carbonyl (C=O) groups excluding carboxylic acids is 1. The van der Waals surface area contributed by atoms with E-state index in [0.717, 1.165) is 25.1 Å². The molecule has 2 rings (SSSR count). The summed E-state index contributed by atoms with van der Waals surface area (Å²) in [6.07, 6.45) is 2.14. The van der Waals surface area contributed by atoms with Crippen LogP contribution in [0.3, 0.4) is 0 Å². The molecular formula is C12H20N4O. The molecule has 0 spiro atoms. The van der Waals surface area contributed by atoms with Gasteiger partial charge in [0, 0.05) is 24.8 Å². The van der Waals surface area contributed by atoms with Crippen molar-refractivity contribution < 1.29 is 4.79 Å². The Balaban J connectivity index is 2.01. The summed E-state index contributed by atoms with van der Waals surface area (Å²) in [4.78, 5) is 12.0. The highest BCUT2D eigenvalue weighted by Crippen LogP contribution is 2.09. The summed E-state index contributed by atoms with van der Waals surface area (Å²) in [5.74, 6) is -0.0748. The fraction of sp³-hybridized carbons (Fsp3) is 0.667. The minimum atomic E-state index is -0.0748. The van der Waals surface area contributed by atoms with E-state index in [4.69, 9.17) is 0 Å². The first kappa shape index (κ1) is 12.1. The number of aryl methyl sites for hydroxylation is 2. The second kappa shape index (κ2) is 4.87. The lowest BCUT2D eigenvalue weighted by Gasteiger charge is -2.30. The van der Waals surface area contributed by atoms with Crippen LogP contribution in [0.1, 0.15) is 35.9 Å². The Hall–Kier alpha value is -1.36. The molecule has 1 amide bonds. The summed E-state index contributed by atoms with van der Waals surface area (Å²) in [7, 11) is 1.84. The molecule has 1 aromatic rings. The maximum Gasteiger partial charge on any atom is 0.272 e. The number of hydrogen-bond acceptors (Lipinski definition) is 3. The minimum absolute atomic E-state index is 0.0748. The first-order chi connectivity index (χ1) is 8.08. The quantitative estimate of drug-likeness (QED) is 0.790. The third-order valence-electron chi connectivity index (χ3n) is 3.42. The van der Waals surface area contributed by atoms with Crippen LogP contribution in [0.5, 0.6) is 0 Å². The third-order valence-corrected chi connectivity index (χ3v) is 3.42. The molecule has 0 saturated carbocycles. The number of nitrogens with zero attached hydrogens (tertiary/aromatic N) is 2. The molecule has 1 fully saturated rings. The summed E-state index contributed by atoms with van der Waals surface area (Å²) < 4.78 is 1.72. The molecule has 2 heterocycles. The molecule has 1 aliphatic rings. The van der Waals surface area contributed by atoms with Crippen molar-refractivity contribution in [2.75, 3.05) is 6.54 Å². The van der Waals surface area contributed by atoms with Crippen LogP contribution >= 0.6 is 0 Å². The lowest BCUT2D eigenvalue weighted by Crippen LogP contribution is -2.52. The van der Waals surface area contributed by atoms with Crippen LogP contribution < -0.4 is 10.6 Å². The maximum atomic E-state index is 12.0. The Morgan fingerprint density at radius 2 is 2.41 bits per heavy atom. The topological polar surface area (TPSA) is 59.0 Å². The largest absolute Gasteiger partial charge is 0.346 e. The fourth-order valence-electron chi connectivity index (χ4n) is 2.16. The molecule has 17 heavy (non-hydrogen) atoms. The van der Waals surface area contributed by atoms with Crippen molar-refractivity contribution in [2.45, 2.75) is 38.8 Å². The van der Waals surface area contributed by atoms with Gasteiger partial charge in [-0.1, -0.05) is 0 Å². The van der Waals surface area contributed by atoms with Crippen molar-refractivity contribution >= 4 is 5.91 Å². The van der Waals surface area contributed by atoms with Crippen LogP contribution in [0, 0.1) is 6.92 Å². The number of nitrogens with one attached hydrogen (secondary N) is 2. The van der Waals surface area contributed by atoms with Crippen molar-refractivity contribution in [2.24, 2.45) is 7.05 Å². The molecule has 0 aliphatic carbocycles. The molecule has 5 nitrogen and oxygen atoms in total. The molecule has 2 unspecified atom stereocenters. The second-order valence-electron chi connectivity index (χ2n) is 4.76. The minimum Gasteiger partial charge on any atom is -0.346 e. The van der Waals surface area contributed by atoms with Crippen LogP contribution in [0.25, 0.3) is 0 Å². The van der Waals surface area contributed by atoms with Gasteiger partial charge in [0.15, 0.2) is 0 Å². The molecule has 2 N–H and O–H groups in total. The van der Waals surface area contributed by atoms with Crippen molar-refractivity contribution in [3.8, 4) is 0 Å². The van der Waals surface area contributed by atoms with Gasteiger partial charge in [0.05, 0.1) is 0 Å². The zero-order valence-electron chi connectivity index (χ0n) is 10.7. The van der Waals surface area contributed by atoms with Crippen molar-refractivity contribution in [3.05, 3.63) is 17.5 Å². The normalized spacial score (nSPS) is 24.6. The molecule has 5 heteroatoms. The van der Waals surface area contributed by atoms with Gasteiger partial charge in [-0.2, -0.15) is 5.10 Å². The first-order valence-electron chi connectivity index (χ1n) is 6.13. The number of piperidine rings is 1. The van der Waals surface area contributed by atoms with E-state index >= 15 is 0 Å². The highest BCUT2D eigenvalue weighted by molar-refractivity contribution is 5.92. The van der Waals surface area contributed by atoms with Gasteiger partial charge in [0.2, 0.25) is 0 Å². The average molecular weight is 236 g/mol. The number of carbonyl (C=O) groups is 1. The molecule has 0 bridgehead atoms. The number of aromatic nitrogens is 2. The zero-order chi connectivity index (χ0) is 12.4. The zero-order valence-corrected chi connectivity index (χ0v) is 10.7. The third kappa shape index (κ3) is 2.66. The van der Waals surface area contributed by atoms with Crippen LogP contribution in [0.4, 0.5) is 0 Å². The number of rotatable bonds is 2. The highest BCUT2D eigenvalue weighted by atomic mass is 16.2. The van der Waals surface area contributed by atoms with Gasteiger partial charge in [0.25, 0.3) is 5.91 Å². The molecule has 2 atom stereocenters. The van der Waals surface area contributed by atoms with E-state index < -0.39 is 0 Å². The maximum absolute atomic E-state index is 12.0. The highest BCUT2D eigenvalue weighted by Gasteiger charge is 2.23. The Bertz CT molecular complexity index is 393. The van der Waals surface area contributed by atoms with E-state index in [1.165, 1.54) is 0 Å². The fourth-order valence-corrected chi connectivity index (χ4v) is 2.16. The van der Waals surface area contributed by atoms with E-state index in [9.17, 15) is 4.79 Å². The summed E-state index contributed by atoms with van der Waals surface area (Å²) in [5, 5.41) is 10.6. The number of amides is 1. The molecule has 1 aliphatic heterocycles. The predicted octanol–water partition coefficient (Wildman–Crippen LogP) is 0.599. The Kier molecular flexibility index (Phi) is 3.47. The monoisotopic (exact) mass is 236 g/mol. The van der Waals surface area contributed by atoms with Gasteiger partial charge in [-0.15, -0.1) is 0 Å². The van der Waals surface area contributed by atoms with E-state index in [1.807, 2.05) is 20.0 Å². The van der Waals surface area contributed by atoms with Crippen LogP contribution in [0.15, 0.2) is 6.07 Å². The van der Waals surface area contributed by atoms with Crippen molar-refractivity contribution in [1.29, 1.82) is 0 Å². The Labute approximate surface area is 102 Å². The van der Waals surface area contributed by atoms with E-state index in [2.05, 4.69) is 22.7 Å². The summed E-state index contributed by atoms with van der Waals surface area (Å²) in [5.41, 5.74) is 1.49. The summed E-state index contributed by atoms with van der Waals surface area (Å²) >= 11 is 0. The SMILES string of the molecule is Cc1cc(C(=O)NC2CCCNC2C)nn1C. The Morgan fingerprint density at radius 3 is 3.00 bits per heavy atom. The van der Waals surface area contributed by atoms with Gasteiger partial charge in [0.1, 0.15) is 5.69 Å². The number of hydrogen-bond donors (Lipinski definition) is 2. The van der Waals surface area contributed by atoms with Crippen molar-refractivity contribution in [3.63, 3.8) is 0 Å². The molecule has 94 valence electrons. The molecular weight excluding hydrogens is 216 g/mol.